The molecule has 0 bridgehead atoms. The van der Waals surface area contributed by atoms with Crippen molar-refractivity contribution >= 4 is 11.7 Å². The molecule has 1 unspecified atom stereocenters. The molecule has 154 valence electrons. The molecular formula is C23H20F2N2O3. The monoisotopic (exact) mass is 410 g/mol. The first kappa shape index (κ1) is 19.7. The minimum Gasteiger partial charge on any atom is -0.480 e. The summed E-state index contributed by atoms with van der Waals surface area (Å²) in [6.07, 6.45) is -0.466. The van der Waals surface area contributed by atoms with Gasteiger partial charge >= 0.3 is 12.6 Å². The second-order valence-corrected chi connectivity index (χ2v) is 7.04. The third kappa shape index (κ3) is 3.78. The Morgan fingerprint density at radius 2 is 1.83 bits per heavy atom. The number of benzene rings is 3. The lowest BCUT2D eigenvalue weighted by Gasteiger charge is -2.30. The van der Waals surface area contributed by atoms with E-state index in [1.807, 2.05) is 30.3 Å². The van der Waals surface area contributed by atoms with Crippen molar-refractivity contribution in [2.75, 3.05) is 19.4 Å². The highest BCUT2D eigenvalue weighted by Gasteiger charge is 2.30. The van der Waals surface area contributed by atoms with E-state index in [2.05, 4.69) is 5.32 Å². The van der Waals surface area contributed by atoms with Crippen molar-refractivity contribution in [2.24, 2.45) is 0 Å². The van der Waals surface area contributed by atoms with Crippen LogP contribution in [0.3, 0.4) is 0 Å². The number of anilines is 1. The van der Waals surface area contributed by atoms with Crippen molar-refractivity contribution in [3.05, 3.63) is 77.9 Å². The van der Waals surface area contributed by atoms with Crippen LogP contribution < -0.4 is 14.8 Å². The first-order chi connectivity index (χ1) is 14.4. The molecule has 1 aliphatic heterocycles. The fourth-order valence-corrected chi connectivity index (χ4v) is 3.46. The van der Waals surface area contributed by atoms with Crippen LogP contribution in [0.5, 0.6) is 11.5 Å². The highest BCUT2D eigenvalue weighted by molar-refractivity contribution is 5.90. The van der Waals surface area contributed by atoms with Gasteiger partial charge in [-0.15, -0.1) is 0 Å². The molecule has 1 atom stereocenters. The van der Waals surface area contributed by atoms with Crippen LogP contribution in [0.25, 0.3) is 11.1 Å². The maximum Gasteiger partial charge on any atom is 0.387 e. The normalized spacial score (nSPS) is 14.4. The molecule has 30 heavy (non-hydrogen) atoms. The molecule has 3 aromatic rings. The fraction of sp³-hybridized carbons (Fsp3) is 0.174. The molecule has 2 amide bonds. The van der Waals surface area contributed by atoms with Crippen molar-refractivity contribution in [3.63, 3.8) is 0 Å². The number of hydrogen-bond donors (Lipinski definition) is 1. The maximum absolute atomic E-state index is 13.0. The van der Waals surface area contributed by atoms with Gasteiger partial charge in [0.05, 0.1) is 5.56 Å². The van der Waals surface area contributed by atoms with Gasteiger partial charge in [0, 0.05) is 25.3 Å². The van der Waals surface area contributed by atoms with Crippen molar-refractivity contribution in [1.29, 1.82) is 0 Å². The van der Waals surface area contributed by atoms with Crippen LogP contribution >= 0.6 is 0 Å². The van der Waals surface area contributed by atoms with Crippen molar-refractivity contribution in [2.45, 2.75) is 12.7 Å². The Bertz CT molecular complexity index is 1070. The summed E-state index contributed by atoms with van der Waals surface area (Å²) in [6, 6.07) is 19.5. The van der Waals surface area contributed by atoms with Gasteiger partial charge in [0.15, 0.2) is 0 Å². The summed E-state index contributed by atoms with van der Waals surface area (Å²) in [6.45, 7) is -2.95. The topological polar surface area (TPSA) is 50.8 Å². The van der Waals surface area contributed by atoms with Crippen molar-refractivity contribution < 1.29 is 23.0 Å². The molecule has 1 aliphatic rings. The molecular weight excluding hydrogens is 390 g/mol. The van der Waals surface area contributed by atoms with Crippen molar-refractivity contribution in [1.82, 2.24) is 4.90 Å². The molecule has 4 rings (SSSR count). The number of fused-ring (bicyclic) bond motifs is 3. The van der Waals surface area contributed by atoms with Gasteiger partial charge in [-0.2, -0.15) is 8.78 Å². The number of carbonyl (C=O) groups excluding carboxylic acids is 1. The Labute approximate surface area is 172 Å². The summed E-state index contributed by atoms with van der Waals surface area (Å²) >= 11 is 0. The molecule has 1 N–H and O–H groups in total. The Kier molecular flexibility index (Phi) is 5.27. The van der Waals surface area contributed by atoms with Gasteiger partial charge in [-0.05, 0) is 35.4 Å². The van der Waals surface area contributed by atoms with E-state index < -0.39 is 12.7 Å². The highest BCUT2D eigenvalue weighted by atomic mass is 19.3. The SMILES string of the molecule is CN(C)C(=O)Nc1ccc2c(c1)C(c1ccccc1)Oc1cccc(OC(F)F)c1-2. The van der Waals surface area contributed by atoms with E-state index in [0.29, 0.717) is 22.6 Å². The molecule has 0 aliphatic carbocycles. The second-order valence-electron chi connectivity index (χ2n) is 7.04. The Morgan fingerprint density at radius 1 is 1.07 bits per heavy atom. The van der Waals surface area contributed by atoms with Crippen LogP contribution in [0, 0.1) is 0 Å². The predicted octanol–water partition coefficient (Wildman–Crippen LogP) is 5.53. The van der Waals surface area contributed by atoms with Gasteiger partial charge in [-0.1, -0.05) is 42.5 Å². The number of alkyl halides is 2. The van der Waals surface area contributed by atoms with Crippen LogP contribution in [-0.4, -0.2) is 31.6 Å². The smallest absolute Gasteiger partial charge is 0.387 e. The highest BCUT2D eigenvalue weighted by Crippen LogP contribution is 2.49. The number of ether oxygens (including phenoxy) is 2. The van der Waals surface area contributed by atoms with Crippen LogP contribution in [-0.2, 0) is 0 Å². The molecule has 1 heterocycles. The fourth-order valence-electron chi connectivity index (χ4n) is 3.46. The number of nitrogens with one attached hydrogen (secondary N) is 1. The number of halogens is 2. The minimum atomic E-state index is -2.95. The zero-order chi connectivity index (χ0) is 21.3. The van der Waals surface area contributed by atoms with Gasteiger partial charge in [0.1, 0.15) is 17.6 Å². The molecule has 0 spiro atoms. The maximum atomic E-state index is 13.0. The summed E-state index contributed by atoms with van der Waals surface area (Å²) < 4.78 is 36.9. The molecule has 0 saturated heterocycles. The zero-order valence-electron chi connectivity index (χ0n) is 16.4. The van der Waals surface area contributed by atoms with Gasteiger partial charge < -0.3 is 19.7 Å². The minimum absolute atomic E-state index is 0.0420. The number of hydrogen-bond acceptors (Lipinski definition) is 3. The number of amides is 2. The van der Waals surface area contributed by atoms with Crippen LogP contribution in [0.1, 0.15) is 17.2 Å². The van der Waals surface area contributed by atoms with E-state index in [1.165, 1.54) is 11.0 Å². The van der Waals surface area contributed by atoms with E-state index in [4.69, 9.17) is 9.47 Å². The van der Waals surface area contributed by atoms with Crippen LogP contribution in [0.2, 0.25) is 0 Å². The summed E-state index contributed by atoms with van der Waals surface area (Å²) in [5.41, 5.74) is 3.40. The summed E-state index contributed by atoms with van der Waals surface area (Å²) in [5.74, 6) is 0.500. The molecule has 0 radical (unpaired) electrons. The lowest BCUT2D eigenvalue weighted by molar-refractivity contribution is -0.0496. The molecule has 0 aromatic heterocycles. The number of carbonyl (C=O) groups is 1. The van der Waals surface area contributed by atoms with Crippen LogP contribution in [0.4, 0.5) is 19.3 Å². The summed E-state index contributed by atoms with van der Waals surface area (Å²) in [7, 11) is 3.29. The van der Waals surface area contributed by atoms with E-state index in [0.717, 1.165) is 11.1 Å². The Hall–Kier alpha value is -3.61. The van der Waals surface area contributed by atoms with Crippen LogP contribution in [0.15, 0.2) is 66.7 Å². The van der Waals surface area contributed by atoms with E-state index in [-0.39, 0.29) is 11.8 Å². The molecule has 5 nitrogen and oxygen atoms in total. The second kappa shape index (κ2) is 8.02. The van der Waals surface area contributed by atoms with E-state index in [1.54, 1.807) is 44.4 Å². The lowest BCUT2D eigenvalue weighted by Crippen LogP contribution is -2.27. The Balaban J connectivity index is 1.86. The zero-order valence-corrected chi connectivity index (χ0v) is 16.4. The molecule has 3 aromatic carbocycles. The van der Waals surface area contributed by atoms with E-state index in [9.17, 15) is 13.6 Å². The largest absolute Gasteiger partial charge is 0.480 e. The van der Waals surface area contributed by atoms with Gasteiger partial charge in [0.25, 0.3) is 0 Å². The van der Waals surface area contributed by atoms with Gasteiger partial charge in [-0.3, -0.25) is 0 Å². The summed E-state index contributed by atoms with van der Waals surface area (Å²) in [4.78, 5) is 13.5. The Morgan fingerprint density at radius 3 is 2.53 bits per heavy atom. The van der Waals surface area contributed by atoms with Gasteiger partial charge in [-0.25, -0.2) is 4.79 Å². The summed E-state index contributed by atoms with van der Waals surface area (Å²) in [5, 5.41) is 2.81. The third-order valence-corrected chi connectivity index (χ3v) is 4.81. The predicted molar refractivity (Wildman–Crippen MR) is 110 cm³/mol. The van der Waals surface area contributed by atoms with E-state index >= 15 is 0 Å². The number of nitrogens with zero attached hydrogens (tertiary/aromatic N) is 1. The quantitative estimate of drug-likeness (QED) is 0.615. The lowest BCUT2D eigenvalue weighted by atomic mass is 9.88. The molecule has 0 fully saturated rings. The number of urea groups is 1. The molecule has 0 saturated carbocycles. The third-order valence-electron chi connectivity index (χ3n) is 4.81. The number of rotatable bonds is 4. The average Bonchev–Trinajstić information content (AvgIpc) is 2.73. The average molecular weight is 410 g/mol. The first-order valence-corrected chi connectivity index (χ1v) is 9.36. The molecule has 7 heteroatoms. The van der Waals surface area contributed by atoms with Gasteiger partial charge in [0.2, 0.25) is 0 Å². The first-order valence-electron chi connectivity index (χ1n) is 9.36. The van der Waals surface area contributed by atoms with Crippen molar-refractivity contribution in [3.8, 4) is 22.6 Å². The standard InChI is InChI=1S/C23H20F2N2O3/c1-27(2)23(28)26-15-11-12-16-17(13-15)21(14-7-4-3-5-8-14)29-18-9-6-10-19(20(16)18)30-22(24)25/h3-13,21-22H,1-2H3,(H,26,28).